The highest BCUT2D eigenvalue weighted by Gasteiger charge is 2.17. The van der Waals surface area contributed by atoms with E-state index in [9.17, 15) is 4.79 Å². The van der Waals surface area contributed by atoms with Crippen LogP contribution in [0.4, 0.5) is 0 Å². The molecule has 1 amide bonds. The SMILES string of the molecule is COc1cc(/C=C/C(=O)NCc2cnn(-c3ccc(Cl)cc3)c2)cc2c1OCCO2. The minimum Gasteiger partial charge on any atom is -0.493 e. The Morgan fingerprint density at radius 2 is 2.07 bits per heavy atom. The minimum atomic E-state index is -0.219. The molecule has 30 heavy (non-hydrogen) atoms. The monoisotopic (exact) mass is 425 g/mol. The summed E-state index contributed by atoms with van der Waals surface area (Å²) in [6, 6.07) is 11.0. The van der Waals surface area contributed by atoms with Crippen LogP contribution < -0.4 is 19.5 Å². The van der Waals surface area contributed by atoms with Crippen LogP contribution in [0.1, 0.15) is 11.1 Å². The molecule has 1 aromatic heterocycles. The zero-order chi connectivity index (χ0) is 20.9. The van der Waals surface area contributed by atoms with Gasteiger partial charge in [-0.15, -0.1) is 0 Å². The quantitative estimate of drug-likeness (QED) is 0.610. The van der Waals surface area contributed by atoms with Gasteiger partial charge in [0.1, 0.15) is 13.2 Å². The van der Waals surface area contributed by atoms with Crippen LogP contribution in [-0.4, -0.2) is 36.0 Å². The molecular formula is C22H20ClN3O4. The van der Waals surface area contributed by atoms with E-state index in [0.29, 0.717) is 42.0 Å². The normalized spacial score (nSPS) is 12.7. The van der Waals surface area contributed by atoms with Gasteiger partial charge in [-0.25, -0.2) is 4.68 Å². The number of methoxy groups -OCH3 is 1. The van der Waals surface area contributed by atoms with E-state index in [1.165, 1.54) is 6.08 Å². The molecule has 7 nitrogen and oxygen atoms in total. The van der Waals surface area contributed by atoms with Crippen LogP contribution in [0.2, 0.25) is 5.02 Å². The van der Waals surface area contributed by atoms with E-state index in [1.807, 2.05) is 24.4 Å². The van der Waals surface area contributed by atoms with Gasteiger partial charge in [0.15, 0.2) is 11.5 Å². The van der Waals surface area contributed by atoms with Gasteiger partial charge in [0.2, 0.25) is 11.7 Å². The summed E-state index contributed by atoms with van der Waals surface area (Å²) in [5.41, 5.74) is 2.55. The van der Waals surface area contributed by atoms with Crippen LogP contribution in [0.3, 0.4) is 0 Å². The van der Waals surface area contributed by atoms with Crippen LogP contribution in [0.25, 0.3) is 11.8 Å². The molecule has 2 heterocycles. The molecule has 0 radical (unpaired) electrons. The fraction of sp³-hybridized carbons (Fsp3) is 0.182. The first-order valence-corrected chi connectivity index (χ1v) is 9.73. The average Bonchev–Trinajstić information content (AvgIpc) is 3.25. The second kappa shape index (κ2) is 8.92. The number of halogens is 1. The smallest absolute Gasteiger partial charge is 0.244 e. The highest BCUT2D eigenvalue weighted by atomic mass is 35.5. The highest BCUT2D eigenvalue weighted by Crippen LogP contribution is 2.40. The van der Waals surface area contributed by atoms with Crippen molar-refractivity contribution in [2.45, 2.75) is 6.54 Å². The molecule has 8 heteroatoms. The Morgan fingerprint density at radius 3 is 2.87 bits per heavy atom. The minimum absolute atomic E-state index is 0.219. The zero-order valence-corrected chi connectivity index (χ0v) is 17.1. The van der Waals surface area contributed by atoms with E-state index < -0.39 is 0 Å². The maximum atomic E-state index is 12.2. The fourth-order valence-electron chi connectivity index (χ4n) is 3.00. The van der Waals surface area contributed by atoms with Gasteiger partial charge < -0.3 is 19.5 Å². The molecule has 0 spiro atoms. The van der Waals surface area contributed by atoms with Crippen molar-refractivity contribution in [2.75, 3.05) is 20.3 Å². The molecule has 0 bridgehead atoms. The lowest BCUT2D eigenvalue weighted by Crippen LogP contribution is -2.19. The van der Waals surface area contributed by atoms with Crippen LogP contribution in [-0.2, 0) is 11.3 Å². The number of hydrogen-bond donors (Lipinski definition) is 1. The third kappa shape index (κ3) is 4.58. The number of fused-ring (bicyclic) bond motifs is 1. The maximum Gasteiger partial charge on any atom is 0.244 e. The van der Waals surface area contributed by atoms with Crippen molar-refractivity contribution in [3.8, 4) is 22.9 Å². The van der Waals surface area contributed by atoms with Crippen molar-refractivity contribution in [2.24, 2.45) is 0 Å². The van der Waals surface area contributed by atoms with Crippen molar-refractivity contribution in [1.29, 1.82) is 0 Å². The molecule has 0 saturated heterocycles. The van der Waals surface area contributed by atoms with Gasteiger partial charge in [-0.1, -0.05) is 11.6 Å². The Balaban J connectivity index is 1.37. The van der Waals surface area contributed by atoms with Crippen molar-refractivity contribution in [3.05, 3.63) is 71.0 Å². The summed E-state index contributed by atoms with van der Waals surface area (Å²) < 4.78 is 18.3. The number of nitrogens with zero attached hydrogens (tertiary/aromatic N) is 2. The standard InChI is InChI=1S/C22H20ClN3O4/c1-28-19-10-15(11-20-22(19)30-9-8-29-20)2-7-21(27)24-12-16-13-25-26(14-16)18-5-3-17(23)4-6-18/h2-7,10-11,13-14H,8-9,12H2,1H3,(H,24,27)/b7-2+. The lowest BCUT2D eigenvalue weighted by molar-refractivity contribution is -0.116. The Bertz CT molecular complexity index is 1060. The molecule has 3 aromatic rings. The number of carbonyl (C=O) groups excluding carboxylic acids is 1. The summed E-state index contributed by atoms with van der Waals surface area (Å²) in [6.07, 6.45) is 6.74. The summed E-state index contributed by atoms with van der Waals surface area (Å²) in [5.74, 6) is 1.54. The number of nitrogens with one attached hydrogen (secondary N) is 1. The molecule has 0 aliphatic carbocycles. The Hall–Kier alpha value is -3.45. The predicted molar refractivity (Wildman–Crippen MR) is 113 cm³/mol. The predicted octanol–water partition coefficient (Wildman–Crippen LogP) is 3.64. The van der Waals surface area contributed by atoms with Gasteiger partial charge >= 0.3 is 0 Å². The molecular weight excluding hydrogens is 406 g/mol. The summed E-state index contributed by atoms with van der Waals surface area (Å²) >= 11 is 5.91. The number of ether oxygens (including phenoxy) is 3. The van der Waals surface area contributed by atoms with Crippen LogP contribution in [0.15, 0.2) is 54.9 Å². The Kier molecular flexibility index (Phi) is 5.90. The van der Waals surface area contributed by atoms with Crippen molar-refractivity contribution in [1.82, 2.24) is 15.1 Å². The molecule has 0 atom stereocenters. The number of carbonyl (C=O) groups is 1. The third-order valence-electron chi connectivity index (χ3n) is 4.47. The second-order valence-corrected chi connectivity index (χ2v) is 7.00. The Labute approximate surface area is 178 Å². The van der Waals surface area contributed by atoms with Gasteiger partial charge in [-0.3, -0.25) is 4.79 Å². The second-order valence-electron chi connectivity index (χ2n) is 6.57. The topological polar surface area (TPSA) is 74.6 Å². The van der Waals surface area contributed by atoms with Gasteiger partial charge in [-0.05, 0) is 48.0 Å². The molecule has 2 aromatic carbocycles. The fourth-order valence-corrected chi connectivity index (χ4v) is 3.12. The van der Waals surface area contributed by atoms with Crippen molar-refractivity contribution >= 4 is 23.6 Å². The van der Waals surface area contributed by atoms with Crippen LogP contribution in [0, 0.1) is 0 Å². The molecule has 4 rings (SSSR count). The first kappa shape index (κ1) is 19.8. The van der Waals surface area contributed by atoms with Crippen LogP contribution >= 0.6 is 11.6 Å². The van der Waals surface area contributed by atoms with Gasteiger partial charge in [0, 0.05) is 29.4 Å². The third-order valence-corrected chi connectivity index (χ3v) is 4.72. The number of aromatic nitrogens is 2. The van der Waals surface area contributed by atoms with Gasteiger partial charge in [0.25, 0.3) is 0 Å². The van der Waals surface area contributed by atoms with Gasteiger partial charge in [0.05, 0.1) is 19.0 Å². The first-order chi connectivity index (χ1) is 14.6. The van der Waals surface area contributed by atoms with Gasteiger partial charge in [-0.2, -0.15) is 5.10 Å². The molecule has 1 aliphatic rings. The molecule has 0 fully saturated rings. The van der Waals surface area contributed by atoms with E-state index in [1.54, 1.807) is 42.3 Å². The molecule has 0 saturated carbocycles. The molecule has 154 valence electrons. The largest absolute Gasteiger partial charge is 0.493 e. The summed E-state index contributed by atoms with van der Waals surface area (Å²) in [6.45, 7) is 1.32. The lowest BCUT2D eigenvalue weighted by atomic mass is 10.1. The van der Waals surface area contributed by atoms with E-state index in [2.05, 4.69) is 10.4 Å². The zero-order valence-electron chi connectivity index (χ0n) is 16.3. The van der Waals surface area contributed by atoms with Crippen molar-refractivity contribution < 1.29 is 19.0 Å². The maximum absolute atomic E-state index is 12.2. The highest BCUT2D eigenvalue weighted by molar-refractivity contribution is 6.30. The molecule has 1 aliphatic heterocycles. The number of hydrogen-bond acceptors (Lipinski definition) is 5. The summed E-state index contributed by atoms with van der Waals surface area (Å²) in [5, 5.41) is 7.83. The first-order valence-electron chi connectivity index (χ1n) is 9.35. The van der Waals surface area contributed by atoms with Crippen molar-refractivity contribution in [3.63, 3.8) is 0 Å². The average molecular weight is 426 g/mol. The van der Waals surface area contributed by atoms with Crippen LogP contribution in [0.5, 0.6) is 17.2 Å². The number of amides is 1. The van der Waals surface area contributed by atoms with E-state index in [4.69, 9.17) is 25.8 Å². The number of rotatable bonds is 6. The Morgan fingerprint density at radius 1 is 1.27 bits per heavy atom. The van der Waals surface area contributed by atoms with E-state index in [-0.39, 0.29) is 5.91 Å². The van der Waals surface area contributed by atoms with E-state index in [0.717, 1.165) is 16.8 Å². The lowest BCUT2D eigenvalue weighted by Gasteiger charge is -2.20. The summed E-state index contributed by atoms with van der Waals surface area (Å²) in [4.78, 5) is 12.2. The molecule has 0 unspecified atom stereocenters. The summed E-state index contributed by atoms with van der Waals surface area (Å²) in [7, 11) is 1.57. The van der Waals surface area contributed by atoms with E-state index >= 15 is 0 Å². The molecule has 1 N–H and O–H groups in total. The number of benzene rings is 2.